The second kappa shape index (κ2) is 6.52. The summed E-state index contributed by atoms with van der Waals surface area (Å²) in [5.74, 6) is -0.251. The average molecular weight is 236 g/mol. The molecule has 1 rings (SSSR count). The Morgan fingerprint density at radius 2 is 1.94 bits per heavy atom. The van der Waals surface area contributed by atoms with E-state index in [2.05, 4.69) is 15.4 Å². The normalized spacial score (nSPS) is 9.53. The third-order valence-corrected chi connectivity index (χ3v) is 2.32. The summed E-state index contributed by atoms with van der Waals surface area (Å²) in [7, 11) is 1.25. The Hall–Kier alpha value is -2.04. The first-order valence-electron chi connectivity index (χ1n) is 5.26. The Morgan fingerprint density at radius 3 is 2.59 bits per heavy atom. The molecule has 17 heavy (non-hydrogen) atoms. The number of aryl methyl sites for hydroxylation is 1. The monoisotopic (exact) mass is 236 g/mol. The van der Waals surface area contributed by atoms with Crippen LogP contribution in [0, 0.1) is 6.92 Å². The van der Waals surface area contributed by atoms with Crippen LogP contribution in [0.2, 0.25) is 0 Å². The van der Waals surface area contributed by atoms with Gasteiger partial charge in [-0.2, -0.15) is 0 Å². The SMILES string of the molecule is COC(=O)NCC(=O)NCc1ccccc1C. The van der Waals surface area contributed by atoms with Gasteiger partial charge in [0.2, 0.25) is 5.91 Å². The largest absolute Gasteiger partial charge is 0.453 e. The molecule has 0 aliphatic heterocycles. The van der Waals surface area contributed by atoms with Gasteiger partial charge in [-0.1, -0.05) is 24.3 Å². The molecule has 0 unspecified atom stereocenters. The van der Waals surface area contributed by atoms with Gasteiger partial charge in [-0.15, -0.1) is 0 Å². The smallest absolute Gasteiger partial charge is 0.407 e. The van der Waals surface area contributed by atoms with Gasteiger partial charge >= 0.3 is 6.09 Å². The summed E-state index contributed by atoms with van der Waals surface area (Å²) >= 11 is 0. The van der Waals surface area contributed by atoms with Gasteiger partial charge in [-0.3, -0.25) is 4.79 Å². The number of hydrogen-bond acceptors (Lipinski definition) is 3. The maximum absolute atomic E-state index is 11.4. The van der Waals surface area contributed by atoms with E-state index in [4.69, 9.17) is 0 Å². The molecule has 2 N–H and O–H groups in total. The van der Waals surface area contributed by atoms with Crippen molar-refractivity contribution in [2.75, 3.05) is 13.7 Å². The predicted octanol–water partition coefficient (Wildman–Crippen LogP) is 0.967. The van der Waals surface area contributed by atoms with E-state index in [0.29, 0.717) is 6.54 Å². The van der Waals surface area contributed by atoms with Crippen LogP contribution in [-0.4, -0.2) is 25.7 Å². The van der Waals surface area contributed by atoms with Crippen molar-refractivity contribution >= 4 is 12.0 Å². The molecule has 0 atom stereocenters. The lowest BCUT2D eigenvalue weighted by Crippen LogP contribution is -2.36. The minimum Gasteiger partial charge on any atom is -0.453 e. The maximum Gasteiger partial charge on any atom is 0.407 e. The van der Waals surface area contributed by atoms with Crippen molar-refractivity contribution in [3.63, 3.8) is 0 Å². The highest BCUT2D eigenvalue weighted by molar-refractivity contribution is 5.82. The minimum atomic E-state index is -0.615. The summed E-state index contributed by atoms with van der Waals surface area (Å²) in [5.41, 5.74) is 2.17. The van der Waals surface area contributed by atoms with Crippen molar-refractivity contribution in [1.29, 1.82) is 0 Å². The number of methoxy groups -OCH3 is 1. The molecule has 0 aliphatic rings. The minimum absolute atomic E-state index is 0.0848. The van der Waals surface area contributed by atoms with Crippen LogP contribution >= 0.6 is 0 Å². The predicted molar refractivity (Wildman–Crippen MR) is 63.4 cm³/mol. The number of ether oxygens (including phenoxy) is 1. The van der Waals surface area contributed by atoms with Crippen molar-refractivity contribution in [3.8, 4) is 0 Å². The van der Waals surface area contributed by atoms with E-state index in [9.17, 15) is 9.59 Å². The average Bonchev–Trinajstić information content (AvgIpc) is 2.35. The lowest BCUT2D eigenvalue weighted by Gasteiger charge is -2.08. The van der Waals surface area contributed by atoms with Crippen LogP contribution in [0.4, 0.5) is 4.79 Å². The Labute approximate surface area is 100 Å². The third kappa shape index (κ3) is 4.55. The zero-order valence-electron chi connectivity index (χ0n) is 9.95. The second-order valence-corrected chi connectivity index (χ2v) is 3.55. The van der Waals surface area contributed by atoms with Crippen LogP contribution in [0.5, 0.6) is 0 Å². The first-order valence-corrected chi connectivity index (χ1v) is 5.26. The number of rotatable bonds is 4. The molecule has 1 aromatic rings. The molecule has 1 aromatic carbocycles. The second-order valence-electron chi connectivity index (χ2n) is 3.55. The number of amides is 2. The molecule has 92 valence electrons. The molecule has 0 bridgehead atoms. The fraction of sp³-hybridized carbons (Fsp3) is 0.333. The highest BCUT2D eigenvalue weighted by Gasteiger charge is 2.05. The molecule has 0 aromatic heterocycles. The van der Waals surface area contributed by atoms with Crippen LogP contribution in [0.1, 0.15) is 11.1 Å². The van der Waals surface area contributed by atoms with Crippen LogP contribution in [-0.2, 0) is 16.1 Å². The van der Waals surface area contributed by atoms with Crippen molar-refractivity contribution in [1.82, 2.24) is 10.6 Å². The van der Waals surface area contributed by atoms with Gasteiger partial charge in [0, 0.05) is 6.54 Å². The highest BCUT2D eigenvalue weighted by atomic mass is 16.5. The van der Waals surface area contributed by atoms with Crippen molar-refractivity contribution in [3.05, 3.63) is 35.4 Å². The molecule has 0 aliphatic carbocycles. The third-order valence-electron chi connectivity index (χ3n) is 2.32. The van der Waals surface area contributed by atoms with Gasteiger partial charge in [0.05, 0.1) is 7.11 Å². The maximum atomic E-state index is 11.4. The summed E-state index contributed by atoms with van der Waals surface area (Å²) < 4.78 is 4.35. The van der Waals surface area contributed by atoms with Gasteiger partial charge in [0.1, 0.15) is 6.54 Å². The summed E-state index contributed by atoms with van der Waals surface area (Å²) in [6, 6.07) is 7.79. The van der Waals surface area contributed by atoms with Gasteiger partial charge in [0.15, 0.2) is 0 Å². The van der Waals surface area contributed by atoms with Crippen LogP contribution in [0.15, 0.2) is 24.3 Å². The Morgan fingerprint density at radius 1 is 1.24 bits per heavy atom. The molecule has 0 spiro atoms. The number of carbonyl (C=O) groups is 2. The Balaban J connectivity index is 2.34. The molecule has 5 heteroatoms. The summed E-state index contributed by atoms with van der Waals surface area (Å²) in [6.45, 7) is 2.35. The Kier molecular flexibility index (Phi) is 5.00. The van der Waals surface area contributed by atoms with Crippen LogP contribution in [0.25, 0.3) is 0 Å². The van der Waals surface area contributed by atoms with Gasteiger partial charge in [-0.25, -0.2) is 4.79 Å². The van der Waals surface area contributed by atoms with Crippen molar-refractivity contribution in [2.45, 2.75) is 13.5 Å². The topological polar surface area (TPSA) is 67.4 Å². The van der Waals surface area contributed by atoms with Gasteiger partial charge in [0.25, 0.3) is 0 Å². The standard InChI is InChI=1S/C12H16N2O3/c1-9-5-3-4-6-10(9)7-13-11(15)8-14-12(16)17-2/h3-6H,7-8H2,1-2H3,(H,13,15)(H,14,16). The highest BCUT2D eigenvalue weighted by Crippen LogP contribution is 2.05. The molecule has 0 heterocycles. The fourth-order valence-corrected chi connectivity index (χ4v) is 1.29. The van der Waals surface area contributed by atoms with E-state index in [1.165, 1.54) is 7.11 Å². The zero-order valence-corrected chi connectivity index (χ0v) is 9.95. The van der Waals surface area contributed by atoms with E-state index < -0.39 is 6.09 Å². The Bertz CT molecular complexity index is 404. The number of benzene rings is 1. The number of hydrogen-bond donors (Lipinski definition) is 2. The quantitative estimate of drug-likeness (QED) is 0.818. The van der Waals surface area contributed by atoms with Crippen LogP contribution < -0.4 is 10.6 Å². The van der Waals surface area contributed by atoms with Gasteiger partial charge in [-0.05, 0) is 18.1 Å². The summed E-state index contributed by atoms with van der Waals surface area (Å²) in [4.78, 5) is 22.1. The molecule has 2 amide bonds. The number of carbonyl (C=O) groups excluding carboxylic acids is 2. The number of alkyl carbamates (subject to hydrolysis) is 1. The van der Waals surface area contributed by atoms with E-state index in [0.717, 1.165) is 11.1 Å². The lowest BCUT2D eigenvalue weighted by molar-refractivity contribution is -0.120. The van der Waals surface area contributed by atoms with E-state index in [1.54, 1.807) is 0 Å². The zero-order chi connectivity index (χ0) is 12.7. The molecule has 0 saturated carbocycles. The summed E-state index contributed by atoms with van der Waals surface area (Å²) in [5, 5.41) is 5.02. The molecule has 0 radical (unpaired) electrons. The van der Waals surface area contributed by atoms with Crippen molar-refractivity contribution in [2.24, 2.45) is 0 Å². The molecule has 5 nitrogen and oxygen atoms in total. The summed E-state index contributed by atoms with van der Waals surface area (Å²) in [6.07, 6.45) is -0.615. The molecule has 0 fully saturated rings. The van der Waals surface area contributed by atoms with E-state index in [1.807, 2.05) is 31.2 Å². The molecule has 0 saturated heterocycles. The van der Waals surface area contributed by atoms with Crippen LogP contribution in [0.3, 0.4) is 0 Å². The molecular weight excluding hydrogens is 220 g/mol. The van der Waals surface area contributed by atoms with Crippen molar-refractivity contribution < 1.29 is 14.3 Å². The van der Waals surface area contributed by atoms with Gasteiger partial charge < -0.3 is 15.4 Å². The first kappa shape index (κ1) is 13.0. The number of nitrogens with one attached hydrogen (secondary N) is 2. The first-order chi connectivity index (χ1) is 8.13. The lowest BCUT2D eigenvalue weighted by atomic mass is 10.1. The molecular formula is C12H16N2O3. The van der Waals surface area contributed by atoms with E-state index in [-0.39, 0.29) is 12.5 Å². The fourth-order valence-electron chi connectivity index (χ4n) is 1.29. The van der Waals surface area contributed by atoms with E-state index >= 15 is 0 Å².